The Balaban J connectivity index is 2.98. The van der Waals surface area contributed by atoms with E-state index in [2.05, 4.69) is 0 Å². The summed E-state index contributed by atoms with van der Waals surface area (Å²) in [4.78, 5) is 10.9. The Morgan fingerprint density at radius 3 is 2.71 bits per heavy atom. The van der Waals surface area contributed by atoms with Gasteiger partial charge in [-0.05, 0) is 32.4 Å². The molecule has 0 aliphatic rings. The van der Waals surface area contributed by atoms with Gasteiger partial charge in [-0.3, -0.25) is 0 Å². The van der Waals surface area contributed by atoms with Crippen molar-refractivity contribution in [2.24, 2.45) is 0 Å². The van der Waals surface area contributed by atoms with Crippen LogP contribution in [0.5, 0.6) is 0 Å². The molecule has 3 heteroatoms. The largest absolute Gasteiger partial charge is 0.477 e. The van der Waals surface area contributed by atoms with Crippen LogP contribution in [0, 0.1) is 6.92 Å². The lowest BCUT2D eigenvalue weighted by molar-refractivity contribution is 0.0685. The lowest BCUT2D eigenvalue weighted by atomic mass is 10.2. The van der Waals surface area contributed by atoms with Gasteiger partial charge in [-0.15, -0.1) is 0 Å². The van der Waals surface area contributed by atoms with Gasteiger partial charge < -0.3 is 9.67 Å². The number of allylic oxidation sites excluding steroid dienone is 2. The van der Waals surface area contributed by atoms with E-state index in [1.807, 2.05) is 32.9 Å². The zero-order chi connectivity index (χ0) is 10.7. The minimum Gasteiger partial charge on any atom is -0.477 e. The smallest absolute Gasteiger partial charge is 0.352 e. The minimum absolute atomic E-state index is 0.377. The molecule has 0 saturated heterocycles. The van der Waals surface area contributed by atoms with Gasteiger partial charge in [0.05, 0.1) is 0 Å². The number of aromatic carboxylic acids is 1. The molecule has 0 aliphatic heterocycles. The Hall–Kier alpha value is -1.51. The Labute approximate surface area is 83.7 Å². The molecule has 0 radical (unpaired) electrons. The zero-order valence-corrected chi connectivity index (χ0v) is 8.74. The summed E-state index contributed by atoms with van der Waals surface area (Å²) in [5.74, 6) is -0.866. The normalized spacial score (nSPS) is 9.93. The first-order chi connectivity index (χ1) is 6.52. The molecule has 1 N–H and O–H groups in total. The molecule has 0 saturated carbocycles. The third-order valence-electron chi connectivity index (χ3n) is 2.06. The first kappa shape index (κ1) is 10.6. The third-order valence-corrected chi connectivity index (χ3v) is 2.06. The molecule has 0 amide bonds. The highest BCUT2D eigenvalue weighted by atomic mass is 16.4. The molecule has 3 nitrogen and oxygen atoms in total. The summed E-state index contributed by atoms with van der Waals surface area (Å²) in [5, 5.41) is 8.96. The summed E-state index contributed by atoms with van der Waals surface area (Å²) in [7, 11) is 0. The molecule has 1 aromatic heterocycles. The Morgan fingerprint density at radius 2 is 2.21 bits per heavy atom. The second kappa shape index (κ2) is 4.13. The second-order valence-corrected chi connectivity index (χ2v) is 3.59. The van der Waals surface area contributed by atoms with Crippen molar-refractivity contribution in [1.82, 2.24) is 4.57 Å². The maximum absolute atomic E-state index is 10.9. The SMILES string of the molecule is CC(C)=CCn1ccc(C)c1C(=O)O. The molecule has 0 aliphatic carbocycles. The monoisotopic (exact) mass is 193 g/mol. The van der Waals surface area contributed by atoms with Gasteiger partial charge in [-0.1, -0.05) is 11.6 Å². The Bertz CT molecular complexity index is 371. The third kappa shape index (κ3) is 2.25. The number of hydrogen-bond acceptors (Lipinski definition) is 1. The van der Waals surface area contributed by atoms with Crippen molar-refractivity contribution in [2.75, 3.05) is 0 Å². The average molecular weight is 193 g/mol. The molecule has 0 aromatic carbocycles. The molecule has 14 heavy (non-hydrogen) atoms. The highest BCUT2D eigenvalue weighted by molar-refractivity contribution is 5.87. The van der Waals surface area contributed by atoms with Crippen molar-refractivity contribution in [1.29, 1.82) is 0 Å². The highest BCUT2D eigenvalue weighted by Crippen LogP contribution is 2.10. The predicted octanol–water partition coefficient (Wildman–Crippen LogP) is 2.46. The van der Waals surface area contributed by atoms with Crippen molar-refractivity contribution in [2.45, 2.75) is 27.3 Å². The van der Waals surface area contributed by atoms with Crippen molar-refractivity contribution < 1.29 is 9.90 Å². The van der Waals surface area contributed by atoms with E-state index in [-0.39, 0.29) is 0 Å². The lowest BCUT2D eigenvalue weighted by Crippen LogP contribution is -2.08. The fourth-order valence-corrected chi connectivity index (χ4v) is 1.31. The minimum atomic E-state index is -0.866. The molecule has 0 unspecified atom stereocenters. The molecular formula is C11H15NO2. The number of carboxylic acid groups (broad SMARTS) is 1. The average Bonchev–Trinajstić information content (AvgIpc) is 2.43. The molecule has 0 atom stereocenters. The summed E-state index contributed by atoms with van der Waals surface area (Å²) in [6, 6.07) is 1.82. The van der Waals surface area contributed by atoms with Gasteiger partial charge in [0.15, 0.2) is 0 Å². The number of aryl methyl sites for hydroxylation is 1. The molecule has 1 rings (SSSR count). The van der Waals surface area contributed by atoms with E-state index in [1.54, 1.807) is 10.8 Å². The highest BCUT2D eigenvalue weighted by Gasteiger charge is 2.11. The van der Waals surface area contributed by atoms with E-state index < -0.39 is 5.97 Å². The van der Waals surface area contributed by atoms with E-state index in [4.69, 9.17) is 5.11 Å². The van der Waals surface area contributed by atoms with E-state index >= 15 is 0 Å². The fraction of sp³-hybridized carbons (Fsp3) is 0.364. The van der Waals surface area contributed by atoms with Crippen LogP contribution in [-0.2, 0) is 6.54 Å². The summed E-state index contributed by atoms with van der Waals surface area (Å²) >= 11 is 0. The quantitative estimate of drug-likeness (QED) is 0.749. The number of hydrogen-bond donors (Lipinski definition) is 1. The molecule has 1 aromatic rings. The summed E-state index contributed by atoms with van der Waals surface area (Å²) in [5.41, 5.74) is 2.37. The fourth-order valence-electron chi connectivity index (χ4n) is 1.31. The van der Waals surface area contributed by atoms with Crippen molar-refractivity contribution in [3.63, 3.8) is 0 Å². The van der Waals surface area contributed by atoms with Gasteiger partial charge in [0, 0.05) is 12.7 Å². The summed E-state index contributed by atoms with van der Waals surface area (Å²) in [6.07, 6.45) is 3.81. The van der Waals surface area contributed by atoms with E-state index in [9.17, 15) is 4.79 Å². The topological polar surface area (TPSA) is 42.2 Å². The van der Waals surface area contributed by atoms with Crippen LogP contribution in [-0.4, -0.2) is 15.6 Å². The van der Waals surface area contributed by atoms with Crippen LogP contribution in [0.4, 0.5) is 0 Å². The Kier molecular flexibility index (Phi) is 3.12. The number of carbonyl (C=O) groups is 1. The molecule has 76 valence electrons. The molecule has 0 spiro atoms. The molecular weight excluding hydrogens is 178 g/mol. The first-order valence-electron chi connectivity index (χ1n) is 4.54. The standard InChI is InChI=1S/C11H15NO2/c1-8(2)4-6-12-7-5-9(3)10(12)11(13)14/h4-5,7H,6H2,1-3H3,(H,13,14). The van der Waals surface area contributed by atoms with Crippen LogP contribution >= 0.6 is 0 Å². The summed E-state index contributed by atoms with van der Waals surface area (Å²) < 4.78 is 1.74. The van der Waals surface area contributed by atoms with Crippen molar-refractivity contribution in [3.8, 4) is 0 Å². The maximum atomic E-state index is 10.9. The van der Waals surface area contributed by atoms with Crippen LogP contribution in [0.2, 0.25) is 0 Å². The van der Waals surface area contributed by atoms with E-state index in [0.717, 1.165) is 5.56 Å². The Morgan fingerprint density at radius 1 is 1.57 bits per heavy atom. The number of nitrogens with zero attached hydrogens (tertiary/aromatic N) is 1. The van der Waals surface area contributed by atoms with Crippen LogP contribution in [0.1, 0.15) is 29.9 Å². The molecule has 1 heterocycles. The van der Waals surface area contributed by atoms with E-state index in [0.29, 0.717) is 12.2 Å². The van der Waals surface area contributed by atoms with Gasteiger partial charge in [0.2, 0.25) is 0 Å². The van der Waals surface area contributed by atoms with Crippen molar-refractivity contribution in [3.05, 3.63) is 35.2 Å². The van der Waals surface area contributed by atoms with Crippen LogP contribution < -0.4 is 0 Å². The molecule has 0 fully saturated rings. The maximum Gasteiger partial charge on any atom is 0.352 e. The van der Waals surface area contributed by atoms with Crippen molar-refractivity contribution >= 4 is 5.97 Å². The number of carboxylic acids is 1. The van der Waals surface area contributed by atoms with Gasteiger partial charge in [0.1, 0.15) is 5.69 Å². The lowest BCUT2D eigenvalue weighted by Gasteiger charge is -2.03. The van der Waals surface area contributed by atoms with E-state index in [1.165, 1.54) is 5.57 Å². The summed E-state index contributed by atoms with van der Waals surface area (Å²) in [6.45, 7) is 6.42. The number of rotatable bonds is 3. The zero-order valence-electron chi connectivity index (χ0n) is 8.74. The van der Waals surface area contributed by atoms with Gasteiger partial charge in [0.25, 0.3) is 0 Å². The van der Waals surface area contributed by atoms with Crippen LogP contribution in [0.3, 0.4) is 0 Å². The second-order valence-electron chi connectivity index (χ2n) is 3.59. The van der Waals surface area contributed by atoms with Gasteiger partial charge >= 0.3 is 5.97 Å². The molecule has 0 bridgehead atoms. The number of aromatic nitrogens is 1. The van der Waals surface area contributed by atoms with Crippen LogP contribution in [0.25, 0.3) is 0 Å². The van der Waals surface area contributed by atoms with Crippen LogP contribution in [0.15, 0.2) is 23.9 Å². The van der Waals surface area contributed by atoms with Gasteiger partial charge in [-0.2, -0.15) is 0 Å². The predicted molar refractivity (Wildman–Crippen MR) is 55.6 cm³/mol. The first-order valence-corrected chi connectivity index (χ1v) is 4.54. The van der Waals surface area contributed by atoms with Gasteiger partial charge in [-0.25, -0.2) is 4.79 Å².